The van der Waals surface area contributed by atoms with Crippen LogP contribution in [-0.4, -0.2) is 52.6 Å². The molecule has 3 heterocycles. The van der Waals surface area contributed by atoms with Gasteiger partial charge in [0, 0.05) is 18.0 Å². The van der Waals surface area contributed by atoms with Gasteiger partial charge < -0.3 is 14.8 Å². The van der Waals surface area contributed by atoms with Crippen LogP contribution in [0.2, 0.25) is 0 Å². The average Bonchev–Trinajstić information content (AvgIpc) is 3.29. The summed E-state index contributed by atoms with van der Waals surface area (Å²) < 4.78 is 51.7. The van der Waals surface area contributed by atoms with Gasteiger partial charge in [-0.25, -0.2) is 0 Å². The number of hydrogen-bond acceptors (Lipinski definition) is 6. The largest absolute Gasteiger partial charge is 0.496 e. The van der Waals surface area contributed by atoms with E-state index in [1.165, 1.54) is 6.07 Å². The minimum atomic E-state index is -4.64. The van der Waals surface area contributed by atoms with E-state index in [1.807, 2.05) is 0 Å². The van der Waals surface area contributed by atoms with E-state index in [2.05, 4.69) is 20.8 Å². The normalized spacial score (nSPS) is 25.9. The SMILES string of the molecule is COc1ccc(-n2nnnc2C(F)(F)F)cc1[C@H]1CO[C@@]2(CCCNC2)C1. The molecular weight excluding hydrogens is 363 g/mol. The van der Waals surface area contributed by atoms with Gasteiger partial charge in [-0.3, -0.25) is 0 Å². The van der Waals surface area contributed by atoms with Crippen LogP contribution in [0.4, 0.5) is 13.2 Å². The second kappa shape index (κ2) is 6.75. The third-order valence-electron chi connectivity index (χ3n) is 5.26. The maximum Gasteiger partial charge on any atom is 0.453 e. The van der Waals surface area contributed by atoms with Crippen LogP contribution in [0, 0.1) is 0 Å². The number of benzene rings is 1. The first kappa shape index (κ1) is 18.2. The predicted molar refractivity (Wildman–Crippen MR) is 88.9 cm³/mol. The molecule has 1 aromatic heterocycles. The number of alkyl halides is 3. The van der Waals surface area contributed by atoms with Gasteiger partial charge in [0.15, 0.2) is 0 Å². The Morgan fingerprint density at radius 3 is 2.93 bits per heavy atom. The van der Waals surface area contributed by atoms with Gasteiger partial charge in [-0.05, 0) is 54.4 Å². The average molecular weight is 383 g/mol. The smallest absolute Gasteiger partial charge is 0.453 e. The van der Waals surface area contributed by atoms with E-state index >= 15 is 0 Å². The summed E-state index contributed by atoms with van der Waals surface area (Å²) in [6.45, 7) is 2.27. The zero-order chi connectivity index (χ0) is 19.1. The zero-order valence-electron chi connectivity index (χ0n) is 14.8. The summed E-state index contributed by atoms with van der Waals surface area (Å²) in [6.07, 6.45) is -1.83. The van der Waals surface area contributed by atoms with Gasteiger partial charge in [0.05, 0.1) is 25.0 Å². The topological polar surface area (TPSA) is 74.1 Å². The number of piperidine rings is 1. The molecule has 146 valence electrons. The number of hydrogen-bond donors (Lipinski definition) is 1. The molecule has 0 aliphatic carbocycles. The summed E-state index contributed by atoms with van der Waals surface area (Å²) in [5, 5.41) is 13.2. The second-order valence-corrected chi connectivity index (χ2v) is 7.01. The number of rotatable bonds is 3. The van der Waals surface area contributed by atoms with E-state index in [9.17, 15) is 13.2 Å². The first-order valence-electron chi connectivity index (χ1n) is 8.80. The standard InChI is InChI=1S/C17H20F3N5O2/c1-26-14-4-3-12(25-15(17(18,19)20)22-23-24-25)7-13(14)11-8-16(27-9-11)5-2-6-21-10-16/h3-4,7,11,21H,2,5-6,8-10H2,1H3/t11-,16+/m1/s1. The molecule has 0 radical (unpaired) electrons. The summed E-state index contributed by atoms with van der Waals surface area (Å²) in [6, 6.07) is 4.83. The highest BCUT2D eigenvalue weighted by atomic mass is 19.4. The Balaban J connectivity index is 1.68. The molecule has 2 aliphatic heterocycles. The minimum absolute atomic E-state index is 0.0330. The molecule has 0 saturated carbocycles. The van der Waals surface area contributed by atoms with E-state index in [0.29, 0.717) is 17.0 Å². The Morgan fingerprint density at radius 1 is 1.37 bits per heavy atom. The Morgan fingerprint density at radius 2 is 2.22 bits per heavy atom. The molecule has 1 N–H and O–H groups in total. The van der Waals surface area contributed by atoms with Gasteiger partial charge in [0.1, 0.15) is 5.75 Å². The van der Waals surface area contributed by atoms with Crippen LogP contribution in [0.25, 0.3) is 5.69 Å². The zero-order valence-corrected chi connectivity index (χ0v) is 14.8. The Hall–Kier alpha value is -2.20. The quantitative estimate of drug-likeness (QED) is 0.877. The van der Waals surface area contributed by atoms with Crippen molar-refractivity contribution in [3.63, 3.8) is 0 Å². The molecule has 1 spiro atoms. The fourth-order valence-corrected chi connectivity index (χ4v) is 3.99. The molecule has 1 aromatic carbocycles. The number of ether oxygens (including phenoxy) is 2. The number of tetrazole rings is 1. The lowest BCUT2D eigenvalue weighted by Gasteiger charge is -2.33. The minimum Gasteiger partial charge on any atom is -0.496 e. The highest BCUT2D eigenvalue weighted by Crippen LogP contribution is 2.43. The summed E-state index contributed by atoms with van der Waals surface area (Å²) in [5.41, 5.74) is 0.836. The number of nitrogens with zero attached hydrogens (tertiary/aromatic N) is 4. The van der Waals surface area contributed by atoms with Crippen molar-refractivity contribution in [3.05, 3.63) is 29.6 Å². The lowest BCUT2D eigenvalue weighted by atomic mass is 9.84. The Kier molecular flexibility index (Phi) is 4.55. The number of nitrogens with one attached hydrogen (secondary N) is 1. The summed E-state index contributed by atoms with van der Waals surface area (Å²) in [5.74, 6) is -0.505. The Labute approximate surface area is 153 Å². The molecule has 2 atom stereocenters. The highest BCUT2D eigenvalue weighted by Gasteiger charge is 2.43. The Bertz CT molecular complexity index is 817. The predicted octanol–water partition coefficient (Wildman–Crippen LogP) is 2.32. The third-order valence-corrected chi connectivity index (χ3v) is 5.26. The van der Waals surface area contributed by atoms with Gasteiger partial charge in [-0.2, -0.15) is 17.9 Å². The van der Waals surface area contributed by atoms with Gasteiger partial charge in [0.2, 0.25) is 0 Å². The molecular formula is C17H20F3N5O2. The number of halogens is 3. The van der Waals surface area contributed by atoms with Crippen LogP contribution in [-0.2, 0) is 10.9 Å². The van der Waals surface area contributed by atoms with Gasteiger partial charge in [-0.1, -0.05) is 0 Å². The van der Waals surface area contributed by atoms with E-state index in [0.717, 1.165) is 37.9 Å². The lowest BCUT2D eigenvalue weighted by molar-refractivity contribution is -0.146. The van der Waals surface area contributed by atoms with Crippen LogP contribution in [0.15, 0.2) is 18.2 Å². The van der Waals surface area contributed by atoms with Crippen molar-refractivity contribution in [2.24, 2.45) is 0 Å². The van der Waals surface area contributed by atoms with E-state index in [1.54, 1.807) is 19.2 Å². The third kappa shape index (κ3) is 3.39. The molecule has 4 rings (SSSR count). The molecule has 0 amide bonds. The molecule has 2 aliphatic rings. The van der Waals surface area contributed by atoms with Crippen LogP contribution >= 0.6 is 0 Å². The number of methoxy groups -OCH3 is 1. The van der Waals surface area contributed by atoms with Crippen molar-refractivity contribution in [1.82, 2.24) is 25.5 Å². The maximum atomic E-state index is 13.1. The van der Waals surface area contributed by atoms with Gasteiger partial charge >= 0.3 is 6.18 Å². The van der Waals surface area contributed by atoms with Gasteiger partial charge in [0.25, 0.3) is 5.82 Å². The molecule has 2 fully saturated rings. The molecule has 2 aromatic rings. The van der Waals surface area contributed by atoms with Crippen molar-refractivity contribution in [3.8, 4) is 11.4 Å². The number of aromatic nitrogens is 4. The highest BCUT2D eigenvalue weighted by molar-refractivity contribution is 5.46. The summed E-state index contributed by atoms with van der Waals surface area (Å²) >= 11 is 0. The van der Waals surface area contributed by atoms with E-state index < -0.39 is 12.0 Å². The fourth-order valence-electron chi connectivity index (χ4n) is 3.99. The fraction of sp³-hybridized carbons (Fsp3) is 0.588. The summed E-state index contributed by atoms with van der Waals surface area (Å²) in [7, 11) is 1.55. The molecule has 0 bridgehead atoms. The van der Waals surface area contributed by atoms with Crippen molar-refractivity contribution in [2.45, 2.75) is 37.0 Å². The molecule has 7 nitrogen and oxygen atoms in total. The molecule has 0 unspecified atom stereocenters. The maximum absolute atomic E-state index is 13.1. The molecule has 10 heteroatoms. The van der Waals surface area contributed by atoms with Crippen LogP contribution in [0.3, 0.4) is 0 Å². The van der Waals surface area contributed by atoms with E-state index in [4.69, 9.17) is 9.47 Å². The first-order valence-corrected chi connectivity index (χ1v) is 8.80. The molecule has 27 heavy (non-hydrogen) atoms. The molecule has 2 saturated heterocycles. The van der Waals surface area contributed by atoms with Crippen molar-refractivity contribution in [2.75, 3.05) is 26.8 Å². The van der Waals surface area contributed by atoms with Crippen LogP contribution in [0.5, 0.6) is 5.75 Å². The first-order chi connectivity index (χ1) is 12.9. The van der Waals surface area contributed by atoms with Crippen LogP contribution in [0.1, 0.15) is 36.6 Å². The van der Waals surface area contributed by atoms with Crippen molar-refractivity contribution in [1.29, 1.82) is 0 Å². The van der Waals surface area contributed by atoms with Crippen molar-refractivity contribution >= 4 is 0 Å². The summed E-state index contributed by atoms with van der Waals surface area (Å²) in [4.78, 5) is 0. The van der Waals surface area contributed by atoms with E-state index in [-0.39, 0.29) is 17.2 Å². The van der Waals surface area contributed by atoms with Crippen LogP contribution < -0.4 is 10.1 Å². The second-order valence-electron chi connectivity index (χ2n) is 7.01. The monoisotopic (exact) mass is 383 g/mol. The van der Waals surface area contributed by atoms with Gasteiger partial charge in [-0.15, -0.1) is 5.10 Å². The lowest BCUT2D eigenvalue weighted by Crippen LogP contribution is -2.45. The van der Waals surface area contributed by atoms with Crippen molar-refractivity contribution < 1.29 is 22.6 Å².